The molecule has 2 aromatic carbocycles. The van der Waals surface area contributed by atoms with Gasteiger partial charge < -0.3 is 9.64 Å². The summed E-state index contributed by atoms with van der Waals surface area (Å²) in [4.78, 5) is 21.7. The normalized spacial score (nSPS) is 11.3. The lowest BCUT2D eigenvalue weighted by molar-refractivity contribution is -0.120. The number of carbonyl (C=O) groups is 1. The van der Waals surface area contributed by atoms with Crippen LogP contribution in [0.1, 0.15) is 17.5 Å². The van der Waals surface area contributed by atoms with Crippen LogP contribution >= 0.6 is 34.5 Å². The molecule has 0 spiro atoms. The fourth-order valence-electron chi connectivity index (χ4n) is 3.16. The van der Waals surface area contributed by atoms with Crippen LogP contribution in [0.2, 0.25) is 10.0 Å². The summed E-state index contributed by atoms with van der Waals surface area (Å²) in [6, 6.07) is 9.15. The van der Waals surface area contributed by atoms with Crippen molar-refractivity contribution in [2.45, 2.75) is 20.3 Å². The first kappa shape index (κ1) is 22.8. The predicted octanol–water partition coefficient (Wildman–Crippen LogP) is 5.58. The number of halogens is 2. The second-order valence-corrected chi connectivity index (χ2v) is 9.34. The van der Waals surface area contributed by atoms with E-state index in [4.69, 9.17) is 32.9 Å². The molecule has 1 heterocycles. The third-order valence-electron chi connectivity index (χ3n) is 4.58. The SMILES string of the molecule is Cc1cc(C)c2nc(N(CCCN(C)C)C(=O)COc3ccc(Cl)cc3Cl)sc2c1. The van der Waals surface area contributed by atoms with E-state index in [1.807, 2.05) is 21.0 Å². The van der Waals surface area contributed by atoms with Crippen molar-refractivity contribution in [3.8, 4) is 5.75 Å². The first-order valence-electron chi connectivity index (χ1n) is 9.65. The molecule has 0 saturated heterocycles. The van der Waals surface area contributed by atoms with Gasteiger partial charge in [0.05, 0.1) is 15.2 Å². The minimum atomic E-state index is -0.159. The Labute approximate surface area is 191 Å². The van der Waals surface area contributed by atoms with E-state index in [2.05, 4.69) is 24.0 Å². The molecule has 5 nitrogen and oxygen atoms in total. The van der Waals surface area contributed by atoms with Crippen molar-refractivity contribution in [3.05, 3.63) is 51.5 Å². The molecule has 3 rings (SSSR count). The number of nitrogens with zero attached hydrogens (tertiary/aromatic N) is 3. The fraction of sp³-hybridized carbons (Fsp3) is 0.364. The lowest BCUT2D eigenvalue weighted by Gasteiger charge is -2.21. The van der Waals surface area contributed by atoms with E-state index in [9.17, 15) is 4.79 Å². The molecule has 1 aromatic heterocycles. The Balaban J connectivity index is 1.82. The Kier molecular flexibility index (Phi) is 7.58. The van der Waals surface area contributed by atoms with E-state index in [0.29, 0.717) is 27.5 Å². The molecule has 0 unspecified atom stereocenters. The summed E-state index contributed by atoms with van der Waals surface area (Å²) in [6.45, 7) is 5.42. The summed E-state index contributed by atoms with van der Waals surface area (Å²) >= 11 is 13.6. The smallest absolute Gasteiger partial charge is 0.266 e. The highest BCUT2D eigenvalue weighted by molar-refractivity contribution is 7.22. The number of rotatable bonds is 8. The Morgan fingerprint density at radius 2 is 1.90 bits per heavy atom. The number of thiazole rings is 1. The molecule has 0 N–H and O–H groups in total. The number of amides is 1. The molecule has 0 aliphatic carbocycles. The van der Waals surface area contributed by atoms with Crippen molar-refractivity contribution < 1.29 is 9.53 Å². The van der Waals surface area contributed by atoms with Gasteiger partial charge in [0.25, 0.3) is 5.91 Å². The summed E-state index contributed by atoms with van der Waals surface area (Å²) < 4.78 is 6.76. The number of benzene rings is 2. The van der Waals surface area contributed by atoms with E-state index < -0.39 is 0 Å². The van der Waals surface area contributed by atoms with Crippen LogP contribution in [-0.4, -0.2) is 49.6 Å². The molecule has 0 radical (unpaired) electrons. The Bertz CT molecular complexity index is 1050. The molecule has 30 heavy (non-hydrogen) atoms. The van der Waals surface area contributed by atoms with Crippen LogP contribution in [0, 0.1) is 13.8 Å². The zero-order chi connectivity index (χ0) is 21.8. The van der Waals surface area contributed by atoms with Crippen molar-refractivity contribution in [2.24, 2.45) is 0 Å². The summed E-state index contributed by atoms with van der Waals surface area (Å²) in [5.41, 5.74) is 3.23. The average molecular weight is 466 g/mol. The van der Waals surface area contributed by atoms with E-state index in [0.717, 1.165) is 28.7 Å². The first-order chi connectivity index (χ1) is 14.2. The lowest BCUT2D eigenvalue weighted by Crippen LogP contribution is -2.36. The highest BCUT2D eigenvalue weighted by Crippen LogP contribution is 2.32. The number of hydrogen-bond donors (Lipinski definition) is 0. The highest BCUT2D eigenvalue weighted by atomic mass is 35.5. The molecular formula is C22H25Cl2N3O2S. The summed E-state index contributed by atoms with van der Waals surface area (Å²) in [7, 11) is 4.03. The maximum atomic E-state index is 13.1. The fourth-order valence-corrected chi connectivity index (χ4v) is 4.80. The molecule has 0 fully saturated rings. The maximum Gasteiger partial charge on any atom is 0.266 e. The minimum absolute atomic E-state index is 0.128. The second kappa shape index (κ2) is 9.96. The van der Waals surface area contributed by atoms with Gasteiger partial charge in [-0.05, 0) is 76.3 Å². The van der Waals surface area contributed by atoms with Crippen LogP contribution in [0.25, 0.3) is 10.2 Å². The standard InChI is InChI=1S/C22H25Cl2N3O2S/c1-14-10-15(2)21-19(11-14)30-22(25-21)27(9-5-8-26(3)4)20(28)13-29-18-7-6-16(23)12-17(18)24/h6-7,10-12H,5,8-9,13H2,1-4H3. The molecule has 1 amide bonds. The summed E-state index contributed by atoms with van der Waals surface area (Å²) in [6.07, 6.45) is 0.828. The van der Waals surface area contributed by atoms with E-state index in [1.165, 1.54) is 16.9 Å². The van der Waals surface area contributed by atoms with Crippen molar-refractivity contribution >= 4 is 55.8 Å². The van der Waals surface area contributed by atoms with E-state index >= 15 is 0 Å². The number of aromatic nitrogens is 1. The van der Waals surface area contributed by atoms with Gasteiger partial charge in [-0.3, -0.25) is 9.69 Å². The van der Waals surface area contributed by atoms with Gasteiger partial charge in [0.1, 0.15) is 5.75 Å². The maximum absolute atomic E-state index is 13.1. The number of hydrogen-bond acceptors (Lipinski definition) is 5. The molecule has 160 valence electrons. The van der Waals surface area contributed by atoms with Crippen LogP contribution in [0.3, 0.4) is 0 Å². The van der Waals surface area contributed by atoms with Gasteiger partial charge in [-0.2, -0.15) is 0 Å². The monoisotopic (exact) mass is 465 g/mol. The Morgan fingerprint density at radius 3 is 2.60 bits per heavy atom. The van der Waals surface area contributed by atoms with Crippen LogP contribution in [-0.2, 0) is 4.79 Å². The van der Waals surface area contributed by atoms with Gasteiger partial charge in [-0.25, -0.2) is 4.98 Å². The number of carbonyl (C=O) groups excluding carboxylic acids is 1. The Morgan fingerprint density at radius 1 is 1.13 bits per heavy atom. The van der Waals surface area contributed by atoms with E-state index in [-0.39, 0.29) is 12.5 Å². The molecule has 0 aliphatic heterocycles. The van der Waals surface area contributed by atoms with Gasteiger partial charge in [-0.1, -0.05) is 40.6 Å². The summed E-state index contributed by atoms with van der Waals surface area (Å²) in [5, 5.41) is 1.58. The number of fused-ring (bicyclic) bond motifs is 1. The third-order valence-corrected chi connectivity index (χ3v) is 6.14. The predicted molar refractivity (Wildman–Crippen MR) is 127 cm³/mol. The molecule has 0 saturated carbocycles. The zero-order valence-electron chi connectivity index (χ0n) is 17.5. The third kappa shape index (κ3) is 5.64. The quantitative estimate of drug-likeness (QED) is 0.435. The van der Waals surface area contributed by atoms with Crippen molar-refractivity contribution in [2.75, 3.05) is 38.7 Å². The minimum Gasteiger partial charge on any atom is -0.482 e. The largest absolute Gasteiger partial charge is 0.482 e. The van der Waals surface area contributed by atoms with Crippen LogP contribution in [0.5, 0.6) is 5.75 Å². The van der Waals surface area contributed by atoms with Gasteiger partial charge in [-0.15, -0.1) is 0 Å². The van der Waals surface area contributed by atoms with E-state index in [1.54, 1.807) is 23.1 Å². The second-order valence-electron chi connectivity index (χ2n) is 7.49. The first-order valence-corrected chi connectivity index (χ1v) is 11.2. The van der Waals surface area contributed by atoms with Gasteiger partial charge in [0, 0.05) is 11.6 Å². The molecule has 0 bridgehead atoms. The van der Waals surface area contributed by atoms with Gasteiger partial charge in [0.2, 0.25) is 0 Å². The lowest BCUT2D eigenvalue weighted by atomic mass is 10.1. The number of anilines is 1. The molecule has 0 aliphatic rings. The van der Waals surface area contributed by atoms with Crippen LogP contribution < -0.4 is 9.64 Å². The summed E-state index contributed by atoms with van der Waals surface area (Å²) in [5.74, 6) is 0.270. The molecule has 0 atom stereocenters. The molecular weight excluding hydrogens is 441 g/mol. The van der Waals surface area contributed by atoms with Crippen molar-refractivity contribution in [1.82, 2.24) is 9.88 Å². The molecule has 8 heteroatoms. The van der Waals surface area contributed by atoms with Gasteiger partial charge in [0.15, 0.2) is 11.7 Å². The highest BCUT2D eigenvalue weighted by Gasteiger charge is 2.21. The zero-order valence-corrected chi connectivity index (χ0v) is 19.9. The Hall–Kier alpha value is -1.86. The number of ether oxygens (including phenoxy) is 1. The number of aryl methyl sites for hydroxylation is 2. The topological polar surface area (TPSA) is 45.7 Å². The van der Waals surface area contributed by atoms with Crippen LogP contribution in [0.15, 0.2) is 30.3 Å². The van der Waals surface area contributed by atoms with Crippen LogP contribution in [0.4, 0.5) is 5.13 Å². The molecule has 3 aromatic rings. The van der Waals surface area contributed by atoms with Crippen molar-refractivity contribution in [1.29, 1.82) is 0 Å². The van der Waals surface area contributed by atoms with Gasteiger partial charge >= 0.3 is 0 Å². The average Bonchev–Trinajstić information content (AvgIpc) is 3.08. The van der Waals surface area contributed by atoms with Crippen molar-refractivity contribution in [3.63, 3.8) is 0 Å².